The monoisotopic (exact) mass is 408 g/mol. The molecule has 2 aromatic carbocycles. The molecule has 0 aliphatic carbocycles. The van der Waals surface area contributed by atoms with Gasteiger partial charge >= 0.3 is 0 Å². The molecular weight excluding hydrogens is 388 g/mol. The summed E-state index contributed by atoms with van der Waals surface area (Å²) in [6, 6.07) is 20.5. The van der Waals surface area contributed by atoms with Gasteiger partial charge in [0, 0.05) is 6.20 Å². The summed E-state index contributed by atoms with van der Waals surface area (Å²) in [4.78, 5) is 16.5. The van der Waals surface area contributed by atoms with Crippen LogP contribution in [0.5, 0.6) is 0 Å². The number of carbonyl (C=O) groups is 1. The Balaban J connectivity index is 1.83. The van der Waals surface area contributed by atoms with Gasteiger partial charge in [0.05, 0.1) is 22.5 Å². The summed E-state index contributed by atoms with van der Waals surface area (Å²) in [5.74, 6) is -0.566. The van der Waals surface area contributed by atoms with E-state index in [-0.39, 0.29) is 10.6 Å². The summed E-state index contributed by atoms with van der Waals surface area (Å²) < 4.78 is 27.2. The number of benzene rings is 2. The molecular formula is C21H20N4O3S. The first-order chi connectivity index (χ1) is 14.0. The van der Waals surface area contributed by atoms with E-state index in [1.54, 1.807) is 37.3 Å². The number of carbonyl (C=O) groups excluding carboxylic acids is 1. The van der Waals surface area contributed by atoms with E-state index in [0.29, 0.717) is 5.71 Å². The van der Waals surface area contributed by atoms with Crippen molar-refractivity contribution in [2.45, 2.75) is 11.8 Å². The summed E-state index contributed by atoms with van der Waals surface area (Å²) in [5, 5.41) is 4.08. The molecule has 0 fully saturated rings. The molecule has 0 unspecified atom stereocenters. The molecule has 0 saturated carbocycles. The minimum Gasteiger partial charge on any atom is -0.271 e. The van der Waals surface area contributed by atoms with Gasteiger partial charge in [-0.25, -0.2) is 13.8 Å². The number of hydrazone groups is 1. The number of anilines is 1. The Kier molecular flexibility index (Phi) is 6.36. The minimum atomic E-state index is -3.96. The fourth-order valence-electron chi connectivity index (χ4n) is 2.59. The molecule has 0 saturated heterocycles. The van der Waals surface area contributed by atoms with E-state index >= 15 is 0 Å². The van der Waals surface area contributed by atoms with Crippen LogP contribution in [0.3, 0.4) is 0 Å². The number of nitrogens with one attached hydrogen (secondary N) is 1. The molecule has 0 aliphatic heterocycles. The van der Waals surface area contributed by atoms with Crippen molar-refractivity contribution in [2.24, 2.45) is 5.10 Å². The molecule has 1 heterocycles. The average Bonchev–Trinajstić information content (AvgIpc) is 2.77. The van der Waals surface area contributed by atoms with Crippen LogP contribution in [0.15, 0.2) is 95.2 Å². The molecule has 0 radical (unpaired) electrons. The molecule has 148 valence electrons. The summed E-state index contributed by atoms with van der Waals surface area (Å²) in [6.45, 7) is 1.32. The fraction of sp³-hybridized carbons (Fsp3) is 0.0952. The first-order valence-electron chi connectivity index (χ1n) is 8.85. The fourth-order valence-corrected chi connectivity index (χ4v) is 4.02. The Morgan fingerprint density at radius 2 is 1.66 bits per heavy atom. The van der Waals surface area contributed by atoms with Gasteiger partial charge < -0.3 is 0 Å². The second kappa shape index (κ2) is 9.11. The van der Waals surface area contributed by atoms with Crippen LogP contribution in [0.2, 0.25) is 0 Å². The third kappa shape index (κ3) is 5.05. The SMILES string of the molecule is C/C(=N/NC(=O)CN(c1cccnc1)S(=O)(=O)c1ccccc1)c1ccccc1. The quantitative estimate of drug-likeness (QED) is 0.481. The van der Waals surface area contributed by atoms with Crippen LogP contribution in [-0.2, 0) is 14.8 Å². The first-order valence-corrected chi connectivity index (χ1v) is 10.3. The van der Waals surface area contributed by atoms with Crippen LogP contribution in [-0.4, -0.2) is 31.6 Å². The van der Waals surface area contributed by atoms with Crippen LogP contribution < -0.4 is 9.73 Å². The number of amides is 1. The van der Waals surface area contributed by atoms with E-state index in [1.165, 1.54) is 24.5 Å². The molecule has 7 nitrogen and oxygen atoms in total. The number of nitrogens with zero attached hydrogens (tertiary/aromatic N) is 3. The number of hydrogen-bond acceptors (Lipinski definition) is 5. The standard InChI is InChI=1S/C21H20N4O3S/c1-17(18-9-4-2-5-10-18)23-24-21(26)16-25(19-11-8-14-22-15-19)29(27,28)20-12-6-3-7-13-20/h2-15H,16H2,1H3,(H,24,26)/b23-17-. The highest BCUT2D eigenvalue weighted by atomic mass is 32.2. The Morgan fingerprint density at radius 1 is 1.00 bits per heavy atom. The van der Waals surface area contributed by atoms with Gasteiger partial charge in [0.25, 0.3) is 15.9 Å². The maximum absolute atomic E-state index is 13.1. The number of sulfonamides is 1. The van der Waals surface area contributed by atoms with Crippen molar-refractivity contribution in [2.75, 3.05) is 10.8 Å². The van der Waals surface area contributed by atoms with Gasteiger partial charge in [0.2, 0.25) is 0 Å². The van der Waals surface area contributed by atoms with Crippen LogP contribution >= 0.6 is 0 Å². The van der Waals surface area contributed by atoms with E-state index in [4.69, 9.17) is 0 Å². The molecule has 3 aromatic rings. The first kappa shape index (κ1) is 20.2. The second-order valence-electron chi connectivity index (χ2n) is 6.13. The topological polar surface area (TPSA) is 91.7 Å². The molecule has 1 N–H and O–H groups in total. The maximum Gasteiger partial charge on any atom is 0.264 e. The van der Waals surface area contributed by atoms with Gasteiger partial charge in [-0.1, -0.05) is 48.5 Å². The van der Waals surface area contributed by atoms with Gasteiger partial charge in [0.15, 0.2) is 0 Å². The molecule has 29 heavy (non-hydrogen) atoms. The van der Waals surface area contributed by atoms with E-state index in [9.17, 15) is 13.2 Å². The van der Waals surface area contributed by atoms with Crippen molar-refractivity contribution < 1.29 is 13.2 Å². The van der Waals surface area contributed by atoms with E-state index < -0.39 is 22.5 Å². The van der Waals surface area contributed by atoms with Gasteiger partial charge in [-0.15, -0.1) is 0 Å². The van der Waals surface area contributed by atoms with E-state index in [2.05, 4.69) is 15.5 Å². The number of pyridine rings is 1. The minimum absolute atomic E-state index is 0.0839. The molecule has 0 spiro atoms. The zero-order valence-corrected chi connectivity index (χ0v) is 16.6. The number of aromatic nitrogens is 1. The van der Waals surface area contributed by atoms with Crippen molar-refractivity contribution in [1.29, 1.82) is 0 Å². The Labute approximate surface area is 169 Å². The molecule has 3 rings (SSSR count). The van der Waals surface area contributed by atoms with E-state index in [0.717, 1.165) is 9.87 Å². The van der Waals surface area contributed by atoms with Gasteiger partial charge in [-0.2, -0.15) is 5.10 Å². The number of rotatable bonds is 7. The van der Waals surface area contributed by atoms with Crippen LogP contribution in [0, 0.1) is 0 Å². The largest absolute Gasteiger partial charge is 0.271 e. The molecule has 1 amide bonds. The predicted octanol–water partition coefficient (Wildman–Crippen LogP) is 2.82. The summed E-state index contributed by atoms with van der Waals surface area (Å²) in [5.41, 5.74) is 4.18. The van der Waals surface area contributed by atoms with Crippen molar-refractivity contribution in [3.63, 3.8) is 0 Å². The molecule has 8 heteroatoms. The summed E-state index contributed by atoms with van der Waals surface area (Å²) >= 11 is 0. The lowest BCUT2D eigenvalue weighted by Crippen LogP contribution is -2.39. The van der Waals surface area contributed by atoms with Crippen LogP contribution in [0.25, 0.3) is 0 Å². The van der Waals surface area contributed by atoms with Crippen molar-refractivity contribution in [1.82, 2.24) is 10.4 Å². The van der Waals surface area contributed by atoms with Gasteiger partial charge in [-0.3, -0.25) is 14.1 Å². The van der Waals surface area contributed by atoms with E-state index in [1.807, 2.05) is 30.3 Å². The lowest BCUT2D eigenvalue weighted by Gasteiger charge is -2.23. The van der Waals surface area contributed by atoms with Crippen molar-refractivity contribution in [3.8, 4) is 0 Å². The van der Waals surface area contributed by atoms with Crippen molar-refractivity contribution >= 4 is 27.3 Å². The average molecular weight is 408 g/mol. The highest BCUT2D eigenvalue weighted by Gasteiger charge is 2.27. The molecule has 0 bridgehead atoms. The number of hydrogen-bond donors (Lipinski definition) is 1. The van der Waals surface area contributed by atoms with Crippen molar-refractivity contribution in [3.05, 3.63) is 90.8 Å². The predicted molar refractivity (Wildman–Crippen MR) is 112 cm³/mol. The highest BCUT2D eigenvalue weighted by molar-refractivity contribution is 7.92. The van der Waals surface area contributed by atoms with Gasteiger partial charge in [-0.05, 0) is 36.8 Å². The lowest BCUT2D eigenvalue weighted by molar-refractivity contribution is -0.119. The zero-order valence-electron chi connectivity index (χ0n) is 15.8. The summed E-state index contributed by atoms with van der Waals surface area (Å²) in [7, 11) is -3.96. The molecule has 0 atom stereocenters. The normalized spacial score (nSPS) is 11.7. The van der Waals surface area contributed by atoms with Crippen LogP contribution in [0.1, 0.15) is 12.5 Å². The molecule has 0 aliphatic rings. The lowest BCUT2D eigenvalue weighted by atomic mass is 10.1. The van der Waals surface area contributed by atoms with Crippen LogP contribution in [0.4, 0.5) is 5.69 Å². The Hall–Kier alpha value is -3.52. The Bertz CT molecular complexity index is 1090. The third-order valence-corrected chi connectivity index (χ3v) is 5.88. The highest BCUT2D eigenvalue weighted by Crippen LogP contribution is 2.22. The Morgan fingerprint density at radius 3 is 2.28 bits per heavy atom. The maximum atomic E-state index is 13.1. The zero-order chi connectivity index (χ0) is 20.7. The second-order valence-corrected chi connectivity index (χ2v) is 8.00. The molecule has 1 aromatic heterocycles. The smallest absolute Gasteiger partial charge is 0.264 e. The third-order valence-electron chi connectivity index (χ3n) is 4.09. The van der Waals surface area contributed by atoms with Gasteiger partial charge in [0.1, 0.15) is 6.54 Å². The summed E-state index contributed by atoms with van der Waals surface area (Å²) in [6.07, 6.45) is 2.93.